The maximum Gasteiger partial charge on any atom is 0.267 e. The topological polar surface area (TPSA) is 43.4 Å². The molecule has 0 aromatic carbocycles. The molecule has 0 saturated carbocycles. The van der Waals surface area contributed by atoms with Crippen LogP contribution in [0.2, 0.25) is 0 Å². The molecule has 0 heterocycles. The van der Waals surface area contributed by atoms with Crippen molar-refractivity contribution in [1.29, 1.82) is 0 Å². The second-order valence-corrected chi connectivity index (χ2v) is 3.18. The monoisotopic (exact) mass is 161 g/mol. The molecule has 0 aromatic heterocycles. The fourth-order valence-electron chi connectivity index (χ4n) is 0.263. The maximum absolute atomic E-state index is 10.4. The molecule has 0 unspecified atom stereocenters. The largest absolute Gasteiger partial charge is 0.270 e. The Kier molecular flexibility index (Phi) is 7.93. The van der Waals surface area contributed by atoms with Gasteiger partial charge >= 0.3 is 0 Å². The molecule has 51 valence electrons. The summed E-state index contributed by atoms with van der Waals surface area (Å²) in [5.41, 5.74) is 0. The van der Waals surface area contributed by atoms with Crippen LogP contribution in [0.3, 0.4) is 0 Å². The molecule has 0 N–H and O–H groups in total. The normalized spacial score (nSPS) is 10.4. The molecule has 0 rings (SSSR count). The van der Waals surface area contributed by atoms with Gasteiger partial charge in [0.2, 0.25) is 0 Å². The Morgan fingerprint density at radius 2 is 1.78 bits per heavy atom. The van der Waals surface area contributed by atoms with E-state index < -0.39 is 10.1 Å². The van der Waals surface area contributed by atoms with E-state index in [1.165, 1.54) is 0 Å². The molecule has 0 spiro atoms. The zero-order chi connectivity index (χ0) is 6.62. The first kappa shape index (κ1) is 12.6. The van der Waals surface area contributed by atoms with E-state index in [0.717, 1.165) is 0 Å². The smallest absolute Gasteiger partial charge is 0.267 e. The third kappa shape index (κ3) is 6.80. The molecule has 9 heavy (non-hydrogen) atoms. The Hall–Kier alpha value is 0.910. The molecule has 0 bridgehead atoms. The van der Waals surface area contributed by atoms with Crippen LogP contribution in [-0.4, -0.2) is 50.3 Å². The van der Waals surface area contributed by atoms with Crippen molar-refractivity contribution in [3.8, 4) is 0 Å². The second kappa shape index (κ2) is 5.68. The Balaban J connectivity index is 0. The molecule has 0 atom stereocenters. The van der Waals surface area contributed by atoms with Crippen molar-refractivity contribution >= 4 is 39.7 Å². The first-order valence-electron chi connectivity index (χ1n) is 2.49. The fraction of sp³-hybridized carbons (Fsp3) is 1.00. The van der Waals surface area contributed by atoms with Gasteiger partial charge in [-0.15, -0.1) is 0 Å². The van der Waals surface area contributed by atoms with Crippen LogP contribution in [0.25, 0.3) is 0 Å². The summed E-state index contributed by atoms with van der Waals surface area (Å²) in [6.07, 6.45) is 0. The summed E-state index contributed by atoms with van der Waals surface area (Å²) < 4.78 is 25.1. The van der Waals surface area contributed by atoms with E-state index in [2.05, 4.69) is 4.18 Å². The minimum absolute atomic E-state index is 0. The molecule has 0 aromatic rings. The van der Waals surface area contributed by atoms with E-state index >= 15 is 0 Å². The standard InChI is InChI=1S/C4H10O3S.Na/c1-3-7-8(5,6)4-2;/h3-4H2,1-2H3;. The van der Waals surface area contributed by atoms with Crippen LogP contribution in [0.15, 0.2) is 0 Å². The van der Waals surface area contributed by atoms with Crippen molar-refractivity contribution < 1.29 is 12.6 Å². The molecule has 1 radical (unpaired) electrons. The zero-order valence-electron chi connectivity index (χ0n) is 6.05. The van der Waals surface area contributed by atoms with Gasteiger partial charge in [0.05, 0.1) is 12.4 Å². The van der Waals surface area contributed by atoms with Crippen molar-refractivity contribution in [2.45, 2.75) is 13.8 Å². The third-order valence-electron chi connectivity index (χ3n) is 0.651. The van der Waals surface area contributed by atoms with Gasteiger partial charge in [-0.3, -0.25) is 4.18 Å². The molecule has 0 aliphatic carbocycles. The first-order chi connectivity index (χ1) is 3.62. The summed E-state index contributed by atoms with van der Waals surface area (Å²) in [5, 5.41) is 0. The van der Waals surface area contributed by atoms with Crippen molar-refractivity contribution in [2.24, 2.45) is 0 Å². The van der Waals surface area contributed by atoms with Crippen LogP contribution in [0.5, 0.6) is 0 Å². The maximum atomic E-state index is 10.4. The Morgan fingerprint density at radius 3 is 1.89 bits per heavy atom. The van der Waals surface area contributed by atoms with E-state index in [1.54, 1.807) is 13.8 Å². The average molecular weight is 161 g/mol. The molecule has 0 aliphatic rings. The molecular weight excluding hydrogens is 151 g/mol. The van der Waals surface area contributed by atoms with E-state index in [1.807, 2.05) is 0 Å². The van der Waals surface area contributed by atoms with Crippen molar-refractivity contribution in [1.82, 2.24) is 0 Å². The summed E-state index contributed by atoms with van der Waals surface area (Å²) in [4.78, 5) is 0. The summed E-state index contributed by atoms with van der Waals surface area (Å²) in [6, 6.07) is 0. The summed E-state index contributed by atoms with van der Waals surface area (Å²) in [7, 11) is -3.17. The van der Waals surface area contributed by atoms with Gasteiger partial charge in [-0.05, 0) is 13.8 Å². The van der Waals surface area contributed by atoms with Crippen LogP contribution >= 0.6 is 0 Å². The van der Waals surface area contributed by atoms with Crippen molar-refractivity contribution in [3.63, 3.8) is 0 Å². The van der Waals surface area contributed by atoms with Crippen LogP contribution in [0, 0.1) is 0 Å². The quantitative estimate of drug-likeness (QED) is 0.432. The van der Waals surface area contributed by atoms with E-state index in [4.69, 9.17) is 0 Å². The summed E-state index contributed by atoms with van der Waals surface area (Å²) >= 11 is 0. The predicted octanol–water partition coefficient (Wildman–Crippen LogP) is -0.00820. The van der Waals surface area contributed by atoms with Gasteiger partial charge in [0.1, 0.15) is 0 Å². The molecule has 3 nitrogen and oxygen atoms in total. The Morgan fingerprint density at radius 1 is 1.33 bits per heavy atom. The molecule has 0 saturated heterocycles. The zero-order valence-corrected chi connectivity index (χ0v) is 8.86. The Labute approximate surface area is 78.2 Å². The predicted molar refractivity (Wildman–Crippen MR) is 36.8 cm³/mol. The SMILES string of the molecule is CCOS(=O)(=O)CC.[Na]. The van der Waals surface area contributed by atoms with Crippen molar-refractivity contribution in [2.75, 3.05) is 12.4 Å². The molecule has 0 aliphatic heterocycles. The minimum Gasteiger partial charge on any atom is -0.270 e. The van der Waals surface area contributed by atoms with Gasteiger partial charge in [0.25, 0.3) is 10.1 Å². The first-order valence-corrected chi connectivity index (χ1v) is 4.07. The molecule has 0 fully saturated rings. The van der Waals surface area contributed by atoms with Gasteiger partial charge in [-0.25, -0.2) is 0 Å². The van der Waals surface area contributed by atoms with E-state index in [-0.39, 0.29) is 41.9 Å². The molecule has 0 amide bonds. The number of hydrogen-bond acceptors (Lipinski definition) is 3. The fourth-order valence-corrected chi connectivity index (χ4v) is 0.789. The van der Waals surface area contributed by atoms with Gasteiger partial charge in [-0.2, -0.15) is 8.42 Å². The third-order valence-corrected chi connectivity index (χ3v) is 1.95. The number of rotatable bonds is 3. The van der Waals surface area contributed by atoms with Gasteiger partial charge in [0, 0.05) is 29.6 Å². The van der Waals surface area contributed by atoms with Gasteiger partial charge in [0.15, 0.2) is 0 Å². The van der Waals surface area contributed by atoms with Gasteiger partial charge in [-0.1, -0.05) is 0 Å². The molecule has 5 heteroatoms. The van der Waals surface area contributed by atoms with E-state index in [9.17, 15) is 8.42 Å². The Bertz CT molecular complexity index is 140. The van der Waals surface area contributed by atoms with E-state index in [0.29, 0.717) is 0 Å². The van der Waals surface area contributed by atoms with Crippen molar-refractivity contribution in [3.05, 3.63) is 0 Å². The van der Waals surface area contributed by atoms with Crippen LogP contribution in [0.4, 0.5) is 0 Å². The average Bonchev–Trinajstić information content (AvgIpc) is 1.67. The number of hydrogen-bond donors (Lipinski definition) is 0. The minimum atomic E-state index is -3.17. The van der Waals surface area contributed by atoms with Crippen LogP contribution in [0.1, 0.15) is 13.8 Å². The summed E-state index contributed by atoms with van der Waals surface area (Å²) in [6.45, 7) is 3.42. The van der Waals surface area contributed by atoms with Gasteiger partial charge < -0.3 is 0 Å². The molecular formula is C4H10NaO3S. The van der Waals surface area contributed by atoms with Crippen LogP contribution in [-0.2, 0) is 14.3 Å². The van der Waals surface area contributed by atoms with Crippen LogP contribution < -0.4 is 0 Å². The summed E-state index contributed by atoms with van der Waals surface area (Å²) in [5.74, 6) is 0.0564. The second-order valence-electron chi connectivity index (χ2n) is 1.25.